The Morgan fingerprint density at radius 2 is 2.25 bits per heavy atom. The molecule has 2 aromatic heterocycles. The molecule has 6 heteroatoms. The lowest BCUT2D eigenvalue weighted by Crippen LogP contribution is -2.36. The van der Waals surface area contributed by atoms with E-state index in [1.807, 2.05) is 17.5 Å². The van der Waals surface area contributed by atoms with E-state index in [4.69, 9.17) is 4.42 Å². The van der Waals surface area contributed by atoms with Gasteiger partial charge in [0.1, 0.15) is 0 Å². The summed E-state index contributed by atoms with van der Waals surface area (Å²) in [7, 11) is 0. The Kier molecular flexibility index (Phi) is 4.14. The van der Waals surface area contributed by atoms with Crippen LogP contribution in [-0.4, -0.2) is 39.9 Å². The van der Waals surface area contributed by atoms with E-state index in [2.05, 4.69) is 22.0 Å². The molecule has 1 saturated heterocycles. The first-order chi connectivity index (χ1) is 9.78. The Labute approximate surface area is 122 Å². The molecule has 0 saturated carbocycles. The highest BCUT2D eigenvalue weighted by Gasteiger charge is 2.26. The Hall–Kier alpha value is -1.24. The zero-order chi connectivity index (χ0) is 13.9. The summed E-state index contributed by atoms with van der Waals surface area (Å²) in [4.78, 5) is 3.35. The van der Waals surface area contributed by atoms with Gasteiger partial charge in [-0.15, -0.1) is 21.5 Å². The van der Waals surface area contributed by atoms with Crippen molar-refractivity contribution in [2.75, 3.05) is 19.7 Å². The lowest BCUT2D eigenvalue weighted by Gasteiger charge is -2.33. The maximum atomic E-state index is 9.18. The van der Waals surface area contributed by atoms with Crippen LogP contribution in [0.25, 0.3) is 10.8 Å². The second-order valence-corrected chi connectivity index (χ2v) is 6.21. The van der Waals surface area contributed by atoms with Gasteiger partial charge < -0.3 is 9.52 Å². The standard InChI is InChI=1S/C14H19N3O2S/c1-10(17-6-4-11(9-18)5-7-17)13-15-16-14(19-13)12-3-2-8-20-12/h2-3,8,10-11,18H,4-7,9H2,1H3. The minimum absolute atomic E-state index is 0.135. The molecule has 1 aliphatic heterocycles. The summed E-state index contributed by atoms with van der Waals surface area (Å²) in [6.45, 7) is 4.35. The molecule has 1 atom stereocenters. The number of hydrogen-bond acceptors (Lipinski definition) is 6. The van der Waals surface area contributed by atoms with Gasteiger partial charge in [0.25, 0.3) is 5.89 Å². The first-order valence-electron chi connectivity index (χ1n) is 7.00. The lowest BCUT2D eigenvalue weighted by molar-refractivity contribution is 0.0960. The molecule has 0 bridgehead atoms. The molecule has 1 unspecified atom stereocenters. The van der Waals surface area contributed by atoms with Crippen molar-refractivity contribution in [2.45, 2.75) is 25.8 Å². The Morgan fingerprint density at radius 3 is 2.90 bits per heavy atom. The van der Waals surface area contributed by atoms with Crippen LogP contribution in [-0.2, 0) is 0 Å². The van der Waals surface area contributed by atoms with Gasteiger partial charge in [0.2, 0.25) is 5.89 Å². The zero-order valence-corrected chi connectivity index (χ0v) is 12.3. The molecule has 3 rings (SSSR count). The van der Waals surface area contributed by atoms with Crippen molar-refractivity contribution in [2.24, 2.45) is 5.92 Å². The molecule has 5 nitrogen and oxygen atoms in total. The maximum Gasteiger partial charge on any atom is 0.257 e. The number of aromatic nitrogens is 2. The highest BCUT2D eigenvalue weighted by Crippen LogP contribution is 2.29. The molecule has 20 heavy (non-hydrogen) atoms. The summed E-state index contributed by atoms with van der Waals surface area (Å²) < 4.78 is 5.79. The van der Waals surface area contributed by atoms with Crippen molar-refractivity contribution in [1.82, 2.24) is 15.1 Å². The fourth-order valence-electron chi connectivity index (χ4n) is 2.58. The molecule has 108 valence electrons. The van der Waals surface area contributed by atoms with E-state index >= 15 is 0 Å². The Morgan fingerprint density at radius 1 is 1.45 bits per heavy atom. The van der Waals surface area contributed by atoms with Gasteiger partial charge in [-0.1, -0.05) is 6.07 Å². The molecule has 0 aliphatic carbocycles. The number of rotatable bonds is 4. The number of nitrogens with zero attached hydrogens (tertiary/aromatic N) is 3. The Balaban J connectivity index is 1.67. The fraction of sp³-hybridized carbons (Fsp3) is 0.571. The van der Waals surface area contributed by atoms with Gasteiger partial charge in [0.05, 0.1) is 10.9 Å². The molecule has 2 aromatic rings. The number of likely N-dealkylation sites (tertiary alicyclic amines) is 1. The van der Waals surface area contributed by atoms with Crippen molar-refractivity contribution in [3.05, 3.63) is 23.4 Å². The molecule has 1 aliphatic rings. The normalized spacial score (nSPS) is 19.3. The van der Waals surface area contributed by atoms with Crippen molar-refractivity contribution >= 4 is 11.3 Å². The molecular weight excluding hydrogens is 274 g/mol. The van der Waals surface area contributed by atoms with Gasteiger partial charge in [0, 0.05) is 6.61 Å². The topological polar surface area (TPSA) is 62.4 Å². The minimum atomic E-state index is 0.135. The molecule has 1 fully saturated rings. The van der Waals surface area contributed by atoms with Crippen LogP contribution in [0.4, 0.5) is 0 Å². The lowest BCUT2D eigenvalue weighted by atomic mass is 9.97. The predicted molar refractivity (Wildman–Crippen MR) is 77.4 cm³/mol. The van der Waals surface area contributed by atoms with Crippen molar-refractivity contribution in [3.63, 3.8) is 0 Å². The van der Waals surface area contributed by atoms with Crippen LogP contribution in [0.1, 0.15) is 31.7 Å². The summed E-state index contributed by atoms with van der Waals surface area (Å²) in [5, 5.41) is 19.5. The maximum absolute atomic E-state index is 9.18. The van der Waals surface area contributed by atoms with Gasteiger partial charge in [-0.05, 0) is 50.2 Å². The number of aliphatic hydroxyl groups is 1. The third kappa shape index (κ3) is 2.77. The van der Waals surface area contributed by atoms with E-state index in [0.717, 1.165) is 30.8 Å². The average Bonchev–Trinajstić information content (AvgIpc) is 3.17. The summed E-state index contributed by atoms with van der Waals surface area (Å²) in [5.41, 5.74) is 0. The molecular formula is C14H19N3O2S. The van der Waals surface area contributed by atoms with Crippen LogP contribution in [0.15, 0.2) is 21.9 Å². The van der Waals surface area contributed by atoms with Crippen molar-refractivity contribution < 1.29 is 9.52 Å². The van der Waals surface area contributed by atoms with Crippen LogP contribution < -0.4 is 0 Å². The largest absolute Gasteiger partial charge is 0.418 e. The zero-order valence-electron chi connectivity index (χ0n) is 11.5. The first kappa shape index (κ1) is 13.7. The number of piperidine rings is 1. The van der Waals surface area contributed by atoms with E-state index in [0.29, 0.717) is 24.3 Å². The van der Waals surface area contributed by atoms with E-state index in [1.165, 1.54) is 0 Å². The third-order valence-corrected chi connectivity index (χ3v) is 4.84. The fourth-order valence-corrected chi connectivity index (χ4v) is 3.23. The van der Waals surface area contributed by atoms with Crippen LogP contribution >= 0.6 is 11.3 Å². The average molecular weight is 293 g/mol. The number of thiophene rings is 1. The second kappa shape index (κ2) is 6.03. The summed E-state index contributed by atoms with van der Waals surface area (Å²) in [5.74, 6) is 1.73. The molecule has 1 N–H and O–H groups in total. The van der Waals surface area contributed by atoms with E-state index in [1.54, 1.807) is 11.3 Å². The van der Waals surface area contributed by atoms with E-state index in [9.17, 15) is 5.11 Å². The monoisotopic (exact) mass is 293 g/mol. The molecule has 0 aromatic carbocycles. The third-order valence-electron chi connectivity index (χ3n) is 3.99. The van der Waals surface area contributed by atoms with Gasteiger partial charge in [-0.2, -0.15) is 0 Å². The van der Waals surface area contributed by atoms with E-state index in [-0.39, 0.29) is 6.04 Å². The summed E-state index contributed by atoms with van der Waals surface area (Å²) in [6.07, 6.45) is 2.07. The van der Waals surface area contributed by atoms with Crippen LogP contribution in [0.5, 0.6) is 0 Å². The smallest absolute Gasteiger partial charge is 0.257 e. The SMILES string of the molecule is CC(c1nnc(-c2cccs2)o1)N1CCC(CO)CC1. The number of aliphatic hydroxyl groups excluding tert-OH is 1. The van der Waals surface area contributed by atoms with Crippen LogP contribution in [0.3, 0.4) is 0 Å². The Bertz CT molecular complexity index is 532. The highest BCUT2D eigenvalue weighted by molar-refractivity contribution is 7.13. The van der Waals surface area contributed by atoms with Gasteiger partial charge in [-0.3, -0.25) is 4.90 Å². The second-order valence-electron chi connectivity index (χ2n) is 5.26. The van der Waals surface area contributed by atoms with E-state index < -0.39 is 0 Å². The summed E-state index contributed by atoms with van der Waals surface area (Å²) >= 11 is 1.60. The first-order valence-corrected chi connectivity index (χ1v) is 7.88. The number of hydrogen-bond donors (Lipinski definition) is 1. The molecule has 3 heterocycles. The van der Waals surface area contributed by atoms with Crippen molar-refractivity contribution in [3.8, 4) is 10.8 Å². The van der Waals surface area contributed by atoms with Crippen molar-refractivity contribution in [1.29, 1.82) is 0 Å². The van der Waals surface area contributed by atoms with Gasteiger partial charge in [0.15, 0.2) is 0 Å². The predicted octanol–water partition coefficient (Wildman–Crippen LogP) is 2.56. The van der Waals surface area contributed by atoms with Crippen LogP contribution in [0.2, 0.25) is 0 Å². The highest BCUT2D eigenvalue weighted by atomic mass is 32.1. The minimum Gasteiger partial charge on any atom is -0.418 e. The summed E-state index contributed by atoms with van der Waals surface area (Å²) in [6, 6.07) is 4.10. The quantitative estimate of drug-likeness (QED) is 0.938. The van der Waals surface area contributed by atoms with Gasteiger partial charge >= 0.3 is 0 Å². The van der Waals surface area contributed by atoms with Crippen LogP contribution in [0, 0.1) is 5.92 Å². The van der Waals surface area contributed by atoms with Gasteiger partial charge in [-0.25, -0.2) is 0 Å². The molecule has 0 radical (unpaired) electrons. The molecule has 0 amide bonds. The molecule has 0 spiro atoms.